The van der Waals surface area contributed by atoms with Crippen molar-refractivity contribution in [2.24, 2.45) is 0 Å². The second-order valence-electron chi connectivity index (χ2n) is 5.50. The monoisotopic (exact) mass is 352 g/mol. The molecule has 1 aromatic carbocycles. The molecule has 0 saturated carbocycles. The molecule has 0 unspecified atom stereocenters. The number of nitrogens with one attached hydrogen (secondary N) is 2. The largest absolute Gasteiger partial charge is 0.418 e. The predicted molar refractivity (Wildman–Crippen MR) is 89.6 cm³/mol. The maximum absolute atomic E-state index is 13.0. The SMILES string of the molecule is CCCCNc1nc(C)cc(C(=O)Nc2ccccc2C(F)(F)F)n1. The van der Waals surface area contributed by atoms with Crippen LogP contribution in [0.25, 0.3) is 0 Å². The molecule has 8 heteroatoms. The third-order valence-electron chi connectivity index (χ3n) is 3.38. The van der Waals surface area contributed by atoms with Gasteiger partial charge in [0, 0.05) is 12.2 Å². The van der Waals surface area contributed by atoms with Crippen LogP contribution in [0.3, 0.4) is 0 Å². The van der Waals surface area contributed by atoms with E-state index in [1.54, 1.807) is 6.92 Å². The topological polar surface area (TPSA) is 66.9 Å². The van der Waals surface area contributed by atoms with Gasteiger partial charge in [-0.1, -0.05) is 25.5 Å². The number of para-hydroxylation sites is 1. The average Bonchev–Trinajstić information content (AvgIpc) is 2.54. The number of hydrogen-bond donors (Lipinski definition) is 2. The van der Waals surface area contributed by atoms with Gasteiger partial charge in [0.05, 0.1) is 11.3 Å². The zero-order chi connectivity index (χ0) is 18.4. The van der Waals surface area contributed by atoms with Gasteiger partial charge in [-0.15, -0.1) is 0 Å². The highest BCUT2D eigenvalue weighted by Gasteiger charge is 2.33. The molecule has 0 saturated heterocycles. The van der Waals surface area contributed by atoms with Crippen LogP contribution in [0.5, 0.6) is 0 Å². The van der Waals surface area contributed by atoms with Crippen molar-refractivity contribution in [2.75, 3.05) is 17.2 Å². The van der Waals surface area contributed by atoms with Crippen molar-refractivity contribution in [3.05, 3.63) is 47.3 Å². The Balaban J connectivity index is 2.22. The molecule has 5 nitrogen and oxygen atoms in total. The van der Waals surface area contributed by atoms with E-state index in [0.717, 1.165) is 18.9 Å². The highest BCUT2D eigenvalue weighted by molar-refractivity contribution is 6.03. The fourth-order valence-corrected chi connectivity index (χ4v) is 2.17. The smallest absolute Gasteiger partial charge is 0.354 e. The number of unbranched alkanes of at least 4 members (excludes halogenated alkanes) is 1. The molecule has 0 spiro atoms. The predicted octanol–water partition coefficient (Wildman–Crippen LogP) is 4.27. The fraction of sp³-hybridized carbons (Fsp3) is 0.353. The van der Waals surface area contributed by atoms with E-state index in [0.29, 0.717) is 12.2 Å². The number of carbonyl (C=O) groups is 1. The molecule has 0 aliphatic carbocycles. The Morgan fingerprint density at radius 1 is 1.20 bits per heavy atom. The van der Waals surface area contributed by atoms with Gasteiger partial charge in [0.2, 0.25) is 5.95 Å². The first-order valence-electron chi connectivity index (χ1n) is 7.88. The molecule has 0 aliphatic heterocycles. The van der Waals surface area contributed by atoms with Gasteiger partial charge in [-0.25, -0.2) is 9.97 Å². The van der Waals surface area contributed by atoms with Crippen molar-refractivity contribution in [1.82, 2.24) is 9.97 Å². The summed E-state index contributed by atoms with van der Waals surface area (Å²) in [5, 5.41) is 5.28. The van der Waals surface area contributed by atoms with Crippen LogP contribution < -0.4 is 10.6 Å². The molecular weight excluding hydrogens is 333 g/mol. The Kier molecular flexibility index (Phi) is 5.95. The van der Waals surface area contributed by atoms with Crippen molar-refractivity contribution < 1.29 is 18.0 Å². The van der Waals surface area contributed by atoms with Crippen LogP contribution in [0.1, 0.15) is 41.5 Å². The molecule has 0 aliphatic rings. The molecule has 0 atom stereocenters. The van der Waals surface area contributed by atoms with Crippen LogP contribution in [0, 0.1) is 6.92 Å². The average molecular weight is 352 g/mol. The van der Waals surface area contributed by atoms with Crippen LogP contribution >= 0.6 is 0 Å². The minimum atomic E-state index is -4.56. The number of carbonyl (C=O) groups excluding carboxylic acids is 1. The summed E-state index contributed by atoms with van der Waals surface area (Å²) in [4.78, 5) is 20.6. The fourth-order valence-electron chi connectivity index (χ4n) is 2.17. The Morgan fingerprint density at radius 2 is 1.92 bits per heavy atom. The first kappa shape index (κ1) is 18.7. The summed E-state index contributed by atoms with van der Waals surface area (Å²) in [7, 11) is 0. The highest BCUT2D eigenvalue weighted by atomic mass is 19.4. The molecule has 134 valence electrons. The van der Waals surface area contributed by atoms with E-state index in [1.807, 2.05) is 6.92 Å². The van der Waals surface area contributed by atoms with Gasteiger partial charge in [0.25, 0.3) is 5.91 Å². The van der Waals surface area contributed by atoms with Crippen LogP contribution in [0.2, 0.25) is 0 Å². The van der Waals surface area contributed by atoms with E-state index < -0.39 is 17.6 Å². The summed E-state index contributed by atoms with van der Waals surface area (Å²) in [6, 6.07) is 6.24. The molecule has 1 heterocycles. The number of alkyl halides is 3. The van der Waals surface area contributed by atoms with E-state index in [4.69, 9.17) is 0 Å². The van der Waals surface area contributed by atoms with Crippen LogP contribution in [0.4, 0.5) is 24.8 Å². The number of rotatable bonds is 6. The number of amides is 1. The molecule has 2 rings (SSSR count). The second kappa shape index (κ2) is 7.96. The van der Waals surface area contributed by atoms with Gasteiger partial charge in [0.15, 0.2) is 0 Å². The number of anilines is 2. The van der Waals surface area contributed by atoms with Crippen molar-refractivity contribution in [3.63, 3.8) is 0 Å². The first-order chi connectivity index (χ1) is 11.8. The Hall–Kier alpha value is -2.64. The second-order valence-corrected chi connectivity index (χ2v) is 5.50. The summed E-state index contributed by atoms with van der Waals surface area (Å²) in [5.74, 6) is -0.441. The molecule has 0 radical (unpaired) electrons. The molecule has 0 bridgehead atoms. The Morgan fingerprint density at radius 3 is 2.60 bits per heavy atom. The Bertz CT molecular complexity index is 747. The van der Waals surface area contributed by atoms with E-state index in [9.17, 15) is 18.0 Å². The van der Waals surface area contributed by atoms with Crippen LogP contribution in [0.15, 0.2) is 30.3 Å². The van der Waals surface area contributed by atoms with Crippen molar-refractivity contribution >= 4 is 17.5 Å². The summed E-state index contributed by atoms with van der Waals surface area (Å²) in [6.45, 7) is 4.38. The maximum atomic E-state index is 13.0. The van der Waals surface area contributed by atoms with E-state index in [1.165, 1.54) is 24.3 Å². The number of hydrogen-bond acceptors (Lipinski definition) is 4. The van der Waals surface area contributed by atoms with Crippen molar-refractivity contribution in [2.45, 2.75) is 32.9 Å². The zero-order valence-corrected chi connectivity index (χ0v) is 13.9. The van der Waals surface area contributed by atoms with Crippen molar-refractivity contribution in [1.29, 1.82) is 0 Å². The van der Waals surface area contributed by atoms with Crippen LogP contribution in [-0.4, -0.2) is 22.4 Å². The lowest BCUT2D eigenvalue weighted by Crippen LogP contribution is -2.19. The highest BCUT2D eigenvalue weighted by Crippen LogP contribution is 2.34. The minimum absolute atomic E-state index is 0.00322. The standard InChI is InChI=1S/C17H19F3N4O/c1-3-4-9-21-16-22-11(2)10-14(24-16)15(25)23-13-8-6-5-7-12(13)17(18,19)20/h5-8,10H,3-4,9H2,1-2H3,(H,23,25)(H,21,22,24). The lowest BCUT2D eigenvalue weighted by atomic mass is 10.1. The van der Waals surface area contributed by atoms with Gasteiger partial charge in [-0.2, -0.15) is 13.2 Å². The van der Waals surface area contributed by atoms with E-state index in [2.05, 4.69) is 20.6 Å². The third-order valence-corrected chi connectivity index (χ3v) is 3.38. The summed E-state index contributed by atoms with van der Waals surface area (Å²) in [6.07, 6.45) is -2.66. The van der Waals surface area contributed by atoms with Gasteiger partial charge in [0.1, 0.15) is 5.69 Å². The number of nitrogens with zero attached hydrogens (tertiary/aromatic N) is 2. The quantitative estimate of drug-likeness (QED) is 0.762. The van der Waals surface area contributed by atoms with Gasteiger partial charge in [-0.05, 0) is 31.5 Å². The summed E-state index contributed by atoms with van der Waals surface area (Å²) >= 11 is 0. The van der Waals surface area contributed by atoms with Gasteiger partial charge in [-0.3, -0.25) is 4.79 Å². The molecule has 25 heavy (non-hydrogen) atoms. The van der Waals surface area contributed by atoms with E-state index >= 15 is 0 Å². The number of benzene rings is 1. The van der Waals surface area contributed by atoms with Gasteiger partial charge >= 0.3 is 6.18 Å². The zero-order valence-electron chi connectivity index (χ0n) is 13.9. The minimum Gasteiger partial charge on any atom is -0.354 e. The first-order valence-corrected chi connectivity index (χ1v) is 7.88. The summed E-state index contributed by atoms with van der Waals surface area (Å²) < 4.78 is 39.0. The molecule has 1 amide bonds. The molecule has 1 aromatic heterocycles. The number of aromatic nitrogens is 2. The summed E-state index contributed by atoms with van der Waals surface area (Å²) in [5.41, 5.74) is -0.668. The molecule has 0 fully saturated rings. The van der Waals surface area contributed by atoms with Gasteiger partial charge < -0.3 is 10.6 Å². The normalized spacial score (nSPS) is 11.2. The Labute approximate surface area is 143 Å². The molecule has 2 N–H and O–H groups in total. The van der Waals surface area contributed by atoms with Crippen LogP contribution in [-0.2, 0) is 6.18 Å². The van der Waals surface area contributed by atoms with E-state index in [-0.39, 0.29) is 17.3 Å². The van der Waals surface area contributed by atoms with Crippen molar-refractivity contribution in [3.8, 4) is 0 Å². The lowest BCUT2D eigenvalue weighted by Gasteiger charge is -2.13. The molecular formula is C17H19F3N4O. The third kappa shape index (κ3) is 5.17. The number of halogens is 3. The molecule has 2 aromatic rings. The number of aryl methyl sites for hydroxylation is 1. The lowest BCUT2D eigenvalue weighted by molar-refractivity contribution is -0.136. The maximum Gasteiger partial charge on any atom is 0.418 e.